The van der Waals surface area contributed by atoms with Gasteiger partial charge in [-0.15, -0.1) is 0 Å². The number of rotatable bonds is 5. The van der Waals surface area contributed by atoms with E-state index in [4.69, 9.17) is 5.11 Å². The predicted octanol–water partition coefficient (Wildman–Crippen LogP) is 3.32. The molecule has 0 rings (SSSR count). The first kappa shape index (κ1) is 16.4. The summed E-state index contributed by atoms with van der Waals surface area (Å²) in [6.07, 6.45) is -6.63. The minimum absolute atomic E-state index is 0.131. The summed E-state index contributed by atoms with van der Waals surface area (Å²) in [6.45, 7) is -0.451. The van der Waals surface area contributed by atoms with Gasteiger partial charge in [0, 0.05) is 13.8 Å². The van der Waals surface area contributed by atoms with E-state index in [1.807, 2.05) is 0 Å². The Balaban J connectivity index is 5.01. The molecule has 0 saturated heterocycles. The normalized spacial score (nSPS) is 17.1. The highest BCUT2D eigenvalue weighted by molar-refractivity contribution is 4.93. The zero-order valence-electron chi connectivity index (χ0n) is 8.76. The van der Waals surface area contributed by atoms with E-state index in [0.717, 1.165) is 0 Å². The van der Waals surface area contributed by atoms with Crippen LogP contribution < -0.4 is 0 Å². The summed E-state index contributed by atoms with van der Waals surface area (Å²) >= 11 is 0. The monoisotopic (exact) mass is 274 g/mol. The van der Waals surface area contributed by atoms with Crippen molar-refractivity contribution in [2.75, 3.05) is 0 Å². The molecule has 9 heteroatoms. The number of aliphatic hydroxyl groups is 1. The Morgan fingerprint density at radius 1 is 0.882 bits per heavy atom. The molecule has 0 aliphatic carbocycles. The summed E-state index contributed by atoms with van der Waals surface area (Å²) in [6, 6.07) is 0. The maximum absolute atomic E-state index is 12.8. The van der Waals surface area contributed by atoms with Gasteiger partial charge >= 0.3 is 11.8 Å². The van der Waals surface area contributed by atoms with Gasteiger partial charge in [-0.1, -0.05) is 0 Å². The lowest BCUT2D eigenvalue weighted by molar-refractivity contribution is -0.267. The van der Waals surface area contributed by atoms with Crippen LogP contribution in [0.3, 0.4) is 0 Å². The van der Waals surface area contributed by atoms with Crippen molar-refractivity contribution in [1.29, 1.82) is 0 Å². The van der Waals surface area contributed by atoms with Crippen LogP contribution in [0.1, 0.15) is 20.3 Å². The van der Waals surface area contributed by atoms with Crippen LogP contribution in [0.15, 0.2) is 0 Å². The van der Waals surface area contributed by atoms with Gasteiger partial charge in [0.1, 0.15) is 0 Å². The van der Waals surface area contributed by atoms with Crippen molar-refractivity contribution < 1.29 is 40.2 Å². The Bertz CT molecular complexity index is 264. The van der Waals surface area contributed by atoms with Gasteiger partial charge in [0.2, 0.25) is 0 Å². The Kier molecular flexibility index (Phi) is 4.10. The molecule has 0 aliphatic rings. The van der Waals surface area contributed by atoms with Crippen LogP contribution in [0, 0.1) is 0 Å². The molecule has 17 heavy (non-hydrogen) atoms. The summed E-state index contributed by atoms with van der Waals surface area (Å²) in [7, 11) is 0. The van der Waals surface area contributed by atoms with Crippen LogP contribution in [-0.2, 0) is 0 Å². The number of alkyl halides is 8. The van der Waals surface area contributed by atoms with Gasteiger partial charge < -0.3 is 5.11 Å². The SMILES string of the molecule is CC(F)(F)C(O)C(F)(F)CC(F)(F)C(C)(F)F. The zero-order valence-corrected chi connectivity index (χ0v) is 8.76. The summed E-state index contributed by atoms with van der Waals surface area (Å²) < 4.78 is 99.9. The second-order valence-corrected chi connectivity index (χ2v) is 3.89. The quantitative estimate of drug-likeness (QED) is 0.762. The molecule has 0 saturated carbocycles. The third-order valence-electron chi connectivity index (χ3n) is 1.98. The van der Waals surface area contributed by atoms with E-state index in [0.29, 0.717) is 0 Å². The van der Waals surface area contributed by atoms with Crippen molar-refractivity contribution in [3.63, 3.8) is 0 Å². The Labute approximate surface area is 91.4 Å². The minimum Gasteiger partial charge on any atom is -0.381 e. The average molecular weight is 274 g/mol. The molecule has 0 bridgehead atoms. The second-order valence-electron chi connectivity index (χ2n) is 3.89. The van der Waals surface area contributed by atoms with Gasteiger partial charge in [-0.25, -0.2) is 26.3 Å². The molecule has 0 fully saturated rings. The number of hydrogen-bond acceptors (Lipinski definition) is 1. The topological polar surface area (TPSA) is 20.2 Å². The van der Waals surface area contributed by atoms with Crippen molar-refractivity contribution in [1.82, 2.24) is 0 Å². The van der Waals surface area contributed by atoms with Gasteiger partial charge in [-0.05, 0) is 0 Å². The van der Waals surface area contributed by atoms with Gasteiger partial charge in [0.05, 0.1) is 6.42 Å². The first-order valence-electron chi connectivity index (χ1n) is 4.30. The first-order chi connectivity index (χ1) is 7.11. The van der Waals surface area contributed by atoms with Gasteiger partial charge in [0.15, 0.2) is 6.10 Å². The molecule has 1 nitrogen and oxygen atoms in total. The molecule has 0 heterocycles. The van der Waals surface area contributed by atoms with Crippen LogP contribution in [0.5, 0.6) is 0 Å². The van der Waals surface area contributed by atoms with E-state index in [-0.39, 0.29) is 13.8 Å². The highest BCUT2D eigenvalue weighted by Gasteiger charge is 2.62. The smallest absolute Gasteiger partial charge is 0.315 e. The number of hydrogen-bond donors (Lipinski definition) is 1. The van der Waals surface area contributed by atoms with Crippen LogP contribution in [0.25, 0.3) is 0 Å². The molecule has 0 amide bonds. The molecule has 1 N–H and O–H groups in total. The molecule has 1 unspecified atom stereocenters. The van der Waals surface area contributed by atoms with E-state index in [9.17, 15) is 35.1 Å². The third kappa shape index (κ3) is 3.97. The fourth-order valence-corrected chi connectivity index (χ4v) is 0.919. The molecular formula is C8H10F8O. The van der Waals surface area contributed by atoms with E-state index in [2.05, 4.69) is 0 Å². The fraction of sp³-hybridized carbons (Fsp3) is 1.00. The van der Waals surface area contributed by atoms with Crippen molar-refractivity contribution in [2.24, 2.45) is 0 Å². The van der Waals surface area contributed by atoms with Crippen LogP contribution >= 0.6 is 0 Å². The summed E-state index contributed by atoms with van der Waals surface area (Å²) in [5, 5.41) is 8.46. The van der Waals surface area contributed by atoms with E-state index in [1.165, 1.54) is 0 Å². The molecule has 0 aromatic rings. The van der Waals surface area contributed by atoms with E-state index in [1.54, 1.807) is 0 Å². The van der Waals surface area contributed by atoms with Crippen molar-refractivity contribution >= 4 is 0 Å². The third-order valence-corrected chi connectivity index (χ3v) is 1.98. The molecule has 0 aromatic heterocycles. The minimum atomic E-state index is -5.21. The Morgan fingerprint density at radius 2 is 1.24 bits per heavy atom. The summed E-state index contributed by atoms with van der Waals surface area (Å²) in [5.41, 5.74) is 0. The van der Waals surface area contributed by atoms with Gasteiger partial charge in [0.25, 0.3) is 11.8 Å². The van der Waals surface area contributed by atoms with E-state index >= 15 is 0 Å². The maximum Gasteiger partial charge on any atom is 0.315 e. The summed E-state index contributed by atoms with van der Waals surface area (Å²) in [5.74, 6) is -19.4. The lowest BCUT2D eigenvalue weighted by Crippen LogP contribution is -2.51. The molecule has 0 aromatic carbocycles. The van der Waals surface area contributed by atoms with Gasteiger partial charge in [-0.2, -0.15) is 8.78 Å². The predicted molar refractivity (Wildman–Crippen MR) is 41.8 cm³/mol. The highest BCUT2D eigenvalue weighted by Crippen LogP contribution is 2.44. The summed E-state index contributed by atoms with van der Waals surface area (Å²) in [4.78, 5) is 0. The maximum atomic E-state index is 12.8. The lowest BCUT2D eigenvalue weighted by Gasteiger charge is -2.31. The lowest BCUT2D eigenvalue weighted by atomic mass is 9.98. The van der Waals surface area contributed by atoms with Crippen molar-refractivity contribution in [3.8, 4) is 0 Å². The Morgan fingerprint density at radius 3 is 1.47 bits per heavy atom. The molecular weight excluding hydrogens is 264 g/mol. The van der Waals surface area contributed by atoms with E-state index < -0.39 is 36.2 Å². The molecule has 0 spiro atoms. The molecule has 1 atom stereocenters. The highest BCUT2D eigenvalue weighted by atomic mass is 19.3. The number of halogens is 8. The molecule has 104 valence electrons. The van der Waals surface area contributed by atoms with Crippen LogP contribution in [0.2, 0.25) is 0 Å². The van der Waals surface area contributed by atoms with Crippen molar-refractivity contribution in [3.05, 3.63) is 0 Å². The Hall–Kier alpha value is -0.600. The average Bonchev–Trinajstić information content (AvgIpc) is 1.96. The first-order valence-corrected chi connectivity index (χ1v) is 4.30. The molecule has 0 aliphatic heterocycles. The second kappa shape index (κ2) is 4.25. The fourth-order valence-electron chi connectivity index (χ4n) is 0.919. The van der Waals surface area contributed by atoms with Crippen LogP contribution in [-0.4, -0.2) is 34.9 Å². The standard InChI is InChI=1S/C8H10F8O/c1-5(9,10)4(17)7(13,14)3-8(15,16)6(2,11)12/h4,17H,3H2,1-2H3. The van der Waals surface area contributed by atoms with Gasteiger partial charge in [-0.3, -0.25) is 0 Å². The van der Waals surface area contributed by atoms with Crippen molar-refractivity contribution in [2.45, 2.75) is 50.1 Å². The molecule has 0 radical (unpaired) electrons. The zero-order chi connectivity index (χ0) is 14.3. The van der Waals surface area contributed by atoms with Crippen LogP contribution in [0.4, 0.5) is 35.1 Å². The number of aliphatic hydroxyl groups excluding tert-OH is 1. The largest absolute Gasteiger partial charge is 0.381 e.